The maximum Gasteiger partial charge on any atom is 0.229 e. The molecule has 1 aromatic carbocycles. The van der Waals surface area contributed by atoms with Gasteiger partial charge in [0.1, 0.15) is 0 Å². The van der Waals surface area contributed by atoms with E-state index in [9.17, 15) is 4.79 Å². The lowest BCUT2D eigenvalue weighted by Crippen LogP contribution is -2.27. The summed E-state index contributed by atoms with van der Waals surface area (Å²) in [4.78, 5) is 12.2. The molecule has 0 unspecified atom stereocenters. The van der Waals surface area contributed by atoms with Gasteiger partial charge in [-0.3, -0.25) is 4.79 Å². The van der Waals surface area contributed by atoms with Crippen molar-refractivity contribution in [2.24, 2.45) is 11.8 Å². The molecule has 1 aromatic rings. The van der Waals surface area contributed by atoms with E-state index in [-0.39, 0.29) is 18.1 Å². The molecule has 20 heavy (non-hydrogen) atoms. The molecule has 0 aliphatic carbocycles. The Morgan fingerprint density at radius 1 is 1.20 bits per heavy atom. The standard InChI is InChI=1S/C15H20N2O3/c1-10-8-16-9-13(10)14(18)17-12-4-2-11(3-5-12)15-19-6-7-20-15/h2-5,10,13,15-16H,6-9H2,1H3,(H,17,18)/t10-,13-/m1/s1. The minimum Gasteiger partial charge on any atom is -0.346 e. The molecular weight excluding hydrogens is 256 g/mol. The molecule has 0 bridgehead atoms. The Morgan fingerprint density at radius 3 is 2.50 bits per heavy atom. The van der Waals surface area contributed by atoms with Crippen LogP contribution in [0, 0.1) is 11.8 Å². The van der Waals surface area contributed by atoms with Gasteiger partial charge in [-0.15, -0.1) is 0 Å². The fourth-order valence-electron chi connectivity index (χ4n) is 2.67. The highest BCUT2D eigenvalue weighted by Gasteiger charge is 2.29. The zero-order chi connectivity index (χ0) is 13.9. The van der Waals surface area contributed by atoms with Crippen LogP contribution in [0.3, 0.4) is 0 Å². The van der Waals surface area contributed by atoms with Gasteiger partial charge in [-0.25, -0.2) is 0 Å². The van der Waals surface area contributed by atoms with Gasteiger partial charge in [-0.05, 0) is 24.6 Å². The Morgan fingerprint density at radius 2 is 1.90 bits per heavy atom. The van der Waals surface area contributed by atoms with Crippen molar-refractivity contribution < 1.29 is 14.3 Å². The first-order valence-electron chi connectivity index (χ1n) is 7.09. The molecule has 108 valence electrons. The Labute approximate surface area is 118 Å². The number of carbonyl (C=O) groups excluding carboxylic acids is 1. The lowest BCUT2D eigenvalue weighted by Gasteiger charge is -2.15. The number of nitrogens with one attached hydrogen (secondary N) is 2. The zero-order valence-corrected chi connectivity index (χ0v) is 11.6. The molecule has 0 aromatic heterocycles. The molecule has 5 nitrogen and oxygen atoms in total. The molecule has 3 rings (SSSR count). The first-order chi connectivity index (χ1) is 9.74. The number of amides is 1. The molecule has 0 radical (unpaired) electrons. The third kappa shape index (κ3) is 2.85. The summed E-state index contributed by atoms with van der Waals surface area (Å²) in [7, 11) is 0. The monoisotopic (exact) mass is 276 g/mol. The summed E-state index contributed by atoms with van der Waals surface area (Å²) in [5.41, 5.74) is 1.80. The first kappa shape index (κ1) is 13.5. The summed E-state index contributed by atoms with van der Waals surface area (Å²) >= 11 is 0. The molecule has 2 heterocycles. The number of anilines is 1. The van der Waals surface area contributed by atoms with E-state index < -0.39 is 0 Å². The van der Waals surface area contributed by atoms with Crippen molar-refractivity contribution in [2.75, 3.05) is 31.6 Å². The van der Waals surface area contributed by atoms with Crippen molar-refractivity contribution in [1.29, 1.82) is 0 Å². The van der Waals surface area contributed by atoms with Gasteiger partial charge in [-0.2, -0.15) is 0 Å². The fourth-order valence-corrected chi connectivity index (χ4v) is 2.67. The second-order valence-corrected chi connectivity index (χ2v) is 5.43. The van der Waals surface area contributed by atoms with E-state index in [4.69, 9.17) is 9.47 Å². The normalized spacial score (nSPS) is 26.9. The second kappa shape index (κ2) is 5.91. The summed E-state index contributed by atoms with van der Waals surface area (Å²) < 4.78 is 10.9. The van der Waals surface area contributed by atoms with E-state index in [1.54, 1.807) is 0 Å². The lowest BCUT2D eigenvalue weighted by molar-refractivity contribution is -0.120. The van der Waals surface area contributed by atoms with Crippen molar-refractivity contribution in [3.05, 3.63) is 29.8 Å². The Balaban J connectivity index is 1.61. The van der Waals surface area contributed by atoms with Crippen LogP contribution in [-0.2, 0) is 14.3 Å². The van der Waals surface area contributed by atoms with E-state index >= 15 is 0 Å². The number of carbonyl (C=O) groups is 1. The summed E-state index contributed by atoms with van der Waals surface area (Å²) in [6.45, 7) is 5.04. The molecule has 2 N–H and O–H groups in total. The second-order valence-electron chi connectivity index (χ2n) is 5.43. The highest BCUT2D eigenvalue weighted by atomic mass is 16.7. The average molecular weight is 276 g/mol. The van der Waals surface area contributed by atoms with Crippen LogP contribution >= 0.6 is 0 Å². The van der Waals surface area contributed by atoms with Gasteiger partial charge in [0.2, 0.25) is 5.91 Å². The molecule has 2 aliphatic rings. The van der Waals surface area contributed by atoms with E-state index in [1.807, 2.05) is 24.3 Å². The van der Waals surface area contributed by atoms with Crippen molar-refractivity contribution in [3.63, 3.8) is 0 Å². The van der Waals surface area contributed by atoms with Crippen molar-refractivity contribution in [2.45, 2.75) is 13.2 Å². The summed E-state index contributed by atoms with van der Waals surface area (Å²) in [6.07, 6.45) is -0.265. The van der Waals surface area contributed by atoms with E-state index in [0.717, 1.165) is 24.3 Å². The molecule has 1 amide bonds. The van der Waals surface area contributed by atoms with Gasteiger partial charge in [0.15, 0.2) is 6.29 Å². The largest absolute Gasteiger partial charge is 0.346 e. The van der Waals surface area contributed by atoms with Crippen LogP contribution in [0.1, 0.15) is 18.8 Å². The minimum atomic E-state index is -0.265. The number of ether oxygens (including phenoxy) is 2. The van der Waals surface area contributed by atoms with Crippen LogP contribution in [0.15, 0.2) is 24.3 Å². The summed E-state index contributed by atoms with van der Waals surface area (Å²) in [5, 5.41) is 6.21. The predicted octanol–water partition coefficient (Wildman–Crippen LogP) is 1.53. The zero-order valence-electron chi connectivity index (χ0n) is 11.6. The minimum absolute atomic E-state index is 0.0520. The van der Waals surface area contributed by atoms with Gasteiger partial charge < -0.3 is 20.1 Å². The van der Waals surface area contributed by atoms with Gasteiger partial charge in [-0.1, -0.05) is 19.1 Å². The summed E-state index contributed by atoms with van der Waals surface area (Å²) in [6, 6.07) is 7.65. The highest BCUT2D eigenvalue weighted by molar-refractivity contribution is 5.93. The predicted molar refractivity (Wildman–Crippen MR) is 75.2 cm³/mol. The van der Waals surface area contributed by atoms with Crippen molar-refractivity contribution >= 4 is 11.6 Å². The molecule has 5 heteroatoms. The maximum atomic E-state index is 12.2. The Kier molecular flexibility index (Phi) is 4.00. The molecule has 0 spiro atoms. The Bertz CT molecular complexity index is 469. The van der Waals surface area contributed by atoms with Crippen molar-refractivity contribution in [3.8, 4) is 0 Å². The van der Waals surface area contributed by atoms with Crippen LogP contribution in [0.5, 0.6) is 0 Å². The molecule has 2 saturated heterocycles. The number of hydrogen-bond donors (Lipinski definition) is 2. The third-order valence-electron chi connectivity index (χ3n) is 3.93. The molecular formula is C15H20N2O3. The van der Waals surface area contributed by atoms with E-state index in [0.29, 0.717) is 19.1 Å². The number of benzene rings is 1. The van der Waals surface area contributed by atoms with Gasteiger partial charge >= 0.3 is 0 Å². The van der Waals surface area contributed by atoms with Gasteiger partial charge in [0, 0.05) is 17.8 Å². The smallest absolute Gasteiger partial charge is 0.229 e. The van der Waals surface area contributed by atoms with Crippen LogP contribution < -0.4 is 10.6 Å². The first-order valence-corrected chi connectivity index (χ1v) is 7.09. The van der Waals surface area contributed by atoms with Crippen LogP contribution in [0.2, 0.25) is 0 Å². The molecule has 0 saturated carbocycles. The lowest BCUT2D eigenvalue weighted by atomic mass is 9.97. The van der Waals surface area contributed by atoms with E-state index in [1.165, 1.54) is 0 Å². The topological polar surface area (TPSA) is 59.6 Å². The Hall–Kier alpha value is -1.43. The molecule has 2 atom stereocenters. The van der Waals surface area contributed by atoms with Crippen LogP contribution in [0.4, 0.5) is 5.69 Å². The maximum absolute atomic E-state index is 12.2. The fraction of sp³-hybridized carbons (Fsp3) is 0.533. The molecule has 2 aliphatic heterocycles. The van der Waals surface area contributed by atoms with E-state index in [2.05, 4.69) is 17.6 Å². The number of rotatable bonds is 3. The SMILES string of the molecule is C[C@@H]1CNC[C@H]1C(=O)Nc1ccc(C2OCCO2)cc1. The third-order valence-corrected chi connectivity index (χ3v) is 3.93. The average Bonchev–Trinajstić information content (AvgIpc) is 3.10. The van der Waals surface area contributed by atoms with Gasteiger partial charge in [0.05, 0.1) is 19.1 Å². The summed E-state index contributed by atoms with van der Waals surface area (Å²) in [5.74, 6) is 0.523. The molecule has 2 fully saturated rings. The van der Waals surface area contributed by atoms with Gasteiger partial charge in [0.25, 0.3) is 0 Å². The number of hydrogen-bond acceptors (Lipinski definition) is 4. The quantitative estimate of drug-likeness (QED) is 0.879. The van der Waals surface area contributed by atoms with Crippen molar-refractivity contribution in [1.82, 2.24) is 5.32 Å². The van der Waals surface area contributed by atoms with Crippen LogP contribution in [-0.4, -0.2) is 32.2 Å². The van der Waals surface area contributed by atoms with Crippen LogP contribution in [0.25, 0.3) is 0 Å². The highest BCUT2D eigenvalue weighted by Crippen LogP contribution is 2.25.